The van der Waals surface area contributed by atoms with Crippen LogP contribution in [0.4, 0.5) is 11.5 Å². The van der Waals surface area contributed by atoms with Crippen molar-refractivity contribution in [3.05, 3.63) is 71.4 Å². The zero-order chi connectivity index (χ0) is 16.9. The van der Waals surface area contributed by atoms with Crippen LogP contribution in [0, 0.1) is 11.3 Å². The molecule has 24 heavy (non-hydrogen) atoms. The third-order valence-corrected chi connectivity index (χ3v) is 3.87. The minimum absolute atomic E-state index is 0.521. The average molecular weight is 336 g/mol. The second-order valence-electron chi connectivity index (χ2n) is 5.06. The predicted octanol–water partition coefficient (Wildman–Crippen LogP) is 5.03. The van der Waals surface area contributed by atoms with Gasteiger partial charge in [-0.15, -0.1) is 0 Å². The summed E-state index contributed by atoms with van der Waals surface area (Å²) in [6, 6.07) is 18.8. The number of halogens is 1. The standard InChI is InChI=1S/C19H14ClN3O/c1-24-15-6-4-5-13(9-15)16-12-22-19(10-14(16)11-21)23-18-8-3-2-7-17(18)20/h2-10,12H,1H3,(H,22,23). The van der Waals surface area contributed by atoms with Crippen LogP contribution < -0.4 is 10.1 Å². The molecule has 1 heterocycles. The van der Waals surface area contributed by atoms with Gasteiger partial charge in [-0.25, -0.2) is 4.98 Å². The van der Waals surface area contributed by atoms with E-state index in [4.69, 9.17) is 16.3 Å². The van der Waals surface area contributed by atoms with E-state index >= 15 is 0 Å². The Bertz CT molecular complexity index is 918. The van der Waals surface area contributed by atoms with E-state index in [1.54, 1.807) is 25.4 Å². The summed E-state index contributed by atoms with van der Waals surface area (Å²) in [4.78, 5) is 4.39. The van der Waals surface area contributed by atoms with Crippen LogP contribution in [0.15, 0.2) is 60.8 Å². The number of benzene rings is 2. The van der Waals surface area contributed by atoms with Crippen molar-refractivity contribution in [1.82, 2.24) is 4.98 Å². The topological polar surface area (TPSA) is 57.9 Å². The number of para-hydroxylation sites is 1. The lowest BCUT2D eigenvalue weighted by Crippen LogP contribution is -1.96. The van der Waals surface area contributed by atoms with E-state index in [0.717, 1.165) is 22.6 Å². The molecular formula is C19H14ClN3O. The van der Waals surface area contributed by atoms with Crippen LogP contribution in [0.3, 0.4) is 0 Å². The SMILES string of the molecule is COc1cccc(-c2cnc(Nc3ccccc3Cl)cc2C#N)c1. The van der Waals surface area contributed by atoms with Gasteiger partial charge in [0.15, 0.2) is 0 Å². The van der Waals surface area contributed by atoms with Crippen molar-refractivity contribution in [3.8, 4) is 22.9 Å². The molecule has 0 saturated heterocycles. The maximum absolute atomic E-state index is 9.49. The summed E-state index contributed by atoms with van der Waals surface area (Å²) in [7, 11) is 1.61. The summed E-state index contributed by atoms with van der Waals surface area (Å²) in [5, 5.41) is 13.2. The lowest BCUT2D eigenvalue weighted by Gasteiger charge is -2.10. The molecule has 3 rings (SSSR count). The number of nitriles is 1. The third kappa shape index (κ3) is 3.32. The molecule has 0 unspecified atom stereocenters. The van der Waals surface area contributed by atoms with E-state index in [1.807, 2.05) is 42.5 Å². The van der Waals surface area contributed by atoms with E-state index in [-0.39, 0.29) is 0 Å². The Morgan fingerprint density at radius 3 is 2.71 bits per heavy atom. The molecule has 0 aliphatic carbocycles. The second kappa shape index (κ2) is 7.03. The third-order valence-electron chi connectivity index (χ3n) is 3.54. The molecule has 0 radical (unpaired) electrons. The van der Waals surface area contributed by atoms with Crippen LogP contribution >= 0.6 is 11.6 Å². The van der Waals surface area contributed by atoms with Gasteiger partial charge in [0.25, 0.3) is 0 Å². The minimum Gasteiger partial charge on any atom is -0.497 e. The Labute approximate surface area is 145 Å². The fourth-order valence-electron chi connectivity index (χ4n) is 2.34. The Morgan fingerprint density at radius 1 is 1.12 bits per heavy atom. The molecule has 0 aliphatic heterocycles. The first kappa shape index (κ1) is 15.9. The molecule has 1 N–H and O–H groups in total. The molecule has 3 aromatic rings. The highest BCUT2D eigenvalue weighted by atomic mass is 35.5. The van der Waals surface area contributed by atoms with Gasteiger partial charge in [-0.1, -0.05) is 35.9 Å². The molecule has 0 spiro atoms. The van der Waals surface area contributed by atoms with E-state index in [9.17, 15) is 5.26 Å². The molecular weight excluding hydrogens is 322 g/mol. The maximum atomic E-state index is 9.49. The number of aromatic nitrogens is 1. The highest BCUT2D eigenvalue weighted by Gasteiger charge is 2.09. The van der Waals surface area contributed by atoms with Crippen molar-refractivity contribution < 1.29 is 4.74 Å². The number of pyridine rings is 1. The van der Waals surface area contributed by atoms with Gasteiger partial charge in [0, 0.05) is 11.8 Å². The van der Waals surface area contributed by atoms with Crippen LogP contribution in [0.2, 0.25) is 5.02 Å². The summed E-state index contributed by atoms with van der Waals surface area (Å²) in [6.45, 7) is 0. The monoisotopic (exact) mass is 335 g/mol. The van der Waals surface area contributed by atoms with Crippen molar-refractivity contribution in [3.63, 3.8) is 0 Å². The number of hydrogen-bond donors (Lipinski definition) is 1. The van der Waals surface area contributed by atoms with E-state index < -0.39 is 0 Å². The first-order chi connectivity index (χ1) is 11.7. The van der Waals surface area contributed by atoms with Gasteiger partial charge in [0.1, 0.15) is 11.6 Å². The zero-order valence-corrected chi connectivity index (χ0v) is 13.7. The van der Waals surface area contributed by atoms with Crippen LogP contribution in [-0.2, 0) is 0 Å². The first-order valence-electron chi connectivity index (χ1n) is 7.27. The molecule has 0 bridgehead atoms. The number of methoxy groups -OCH3 is 1. The largest absolute Gasteiger partial charge is 0.497 e. The van der Waals surface area contributed by atoms with Crippen LogP contribution in [0.1, 0.15) is 5.56 Å². The molecule has 0 fully saturated rings. The predicted molar refractivity (Wildman–Crippen MR) is 95.7 cm³/mol. The lowest BCUT2D eigenvalue weighted by atomic mass is 10.0. The molecule has 4 nitrogen and oxygen atoms in total. The average Bonchev–Trinajstić information content (AvgIpc) is 2.63. The van der Waals surface area contributed by atoms with Crippen molar-refractivity contribution in [2.24, 2.45) is 0 Å². The summed E-state index contributed by atoms with van der Waals surface area (Å²) in [5.74, 6) is 1.29. The van der Waals surface area contributed by atoms with Crippen molar-refractivity contribution >= 4 is 23.1 Å². The van der Waals surface area contributed by atoms with E-state index in [2.05, 4.69) is 16.4 Å². The highest BCUT2D eigenvalue weighted by molar-refractivity contribution is 6.33. The number of nitrogens with zero attached hydrogens (tertiary/aromatic N) is 2. The molecule has 0 amide bonds. The van der Waals surface area contributed by atoms with Crippen molar-refractivity contribution in [1.29, 1.82) is 5.26 Å². The van der Waals surface area contributed by atoms with Gasteiger partial charge in [-0.3, -0.25) is 0 Å². The van der Waals surface area contributed by atoms with Crippen molar-refractivity contribution in [2.45, 2.75) is 0 Å². The maximum Gasteiger partial charge on any atom is 0.131 e. The van der Waals surface area contributed by atoms with Crippen molar-refractivity contribution in [2.75, 3.05) is 12.4 Å². The highest BCUT2D eigenvalue weighted by Crippen LogP contribution is 2.29. The fraction of sp³-hybridized carbons (Fsp3) is 0.0526. The summed E-state index contributed by atoms with van der Waals surface area (Å²) < 4.78 is 5.24. The van der Waals surface area contributed by atoms with Gasteiger partial charge in [0.05, 0.1) is 29.5 Å². The van der Waals surface area contributed by atoms with E-state index in [0.29, 0.717) is 16.4 Å². The molecule has 0 aliphatic rings. The molecule has 118 valence electrons. The Balaban J connectivity index is 1.97. The number of rotatable bonds is 4. The van der Waals surface area contributed by atoms with E-state index in [1.165, 1.54) is 0 Å². The Kier molecular flexibility index (Phi) is 4.64. The fourth-order valence-corrected chi connectivity index (χ4v) is 2.52. The second-order valence-corrected chi connectivity index (χ2v) is 5.47. The van der Waals surface area contributed by atoms with Gasteiger partial charge in [-0.2, -0.15) is 5.26 Å². The Hall–Kier alpha value is -3.03. The van der Waals surface area contributed by atoms with Gasteiger partial charge < -0.3 is 10.1 Å². The molecule has 0 atom stereocenters. The quantitative estimate of drug-likeness (QED) is 0.726. The summed E-state index contributed by atoms with van der Waals surface area (Å²) >= 11 is 6.14. The normalized spacial score (nSPS) is 10.0. The number of nitrogens with one attached hydrogen (secondary N) is 1. The van der Waals surface area contributed by atoms with Gasteiger partial charge >= 0.3 is 0 Å². The molecule has 2 aromatic carbocycles. The summed E-state index contributed by atoms with van der Waals surface area (Å²) in [5.41, 5.74) is 2.89. The number of ether oxygens (including phenoxy) is 1. The smallest absolute Gasteiger partial charge is 0.131 e. The van der Waals surface area contributed by atoms with Gasteiger partial charge in [0.2, 0.25) is 0 Å². The van der Waals surface area contributed by atoms with Crippen LogP contribution in [0.5, 0.6) is 5.75 Å². The number of anilines is 2. The summed E-state index contributed by atoms with van der Waals surface area (Å²) in [6.07, 6.45) is 1.67. The zero-order valence-electron chi connectivity index (χ0n) is 13.0. The first-order valence-corrected chi connectivity index (χ1v) is 7.65. The Morgan fingerprint density at radius 2 is 1.96 bits per heavy atom. The van der Waals surface area contributed by atoms with Crippen LogP contribution in [0.25, 0.3) is 11.1 Å². The van der Waals surface area contributed by atoms with Crippen LogP contribution in [-0.4, -0.2) is 12.1 Å². The van der Waals surface area contributed by atoms with Gasteiger partial charge in [-0.05, 0) is 35.9 Å². The number of hydrogen-bond acceptors (Lipinski definition) is 4. The minimum atomic E-state index is 0.521. The molecule has 0 saturated carbocycles. The molecule has 1 aromatic heterocycles. The lowest BCUT2D eigenvalue weighted by molar-refractivity contribution is 0.415. The molecule has 5 heteroatoms.